The number of ether oxygens (including phenoxy) is 2. The van der Waals surface area contributed by atoms with Crippen molar-refractivity contribution < 1.29 is 112 Å². The van der Waals surface area contributed by atoms with Gasteiger partial charge in [0.05, 0.1) is 16.5 Å². The third-order valence-corrected chi connectivity index (χ3v) is 29.6. The summed E-state index contributed by atoms with van der Waals surface area (Å²) in [7, 11) is -6.23. The van der Waals surface area contributed by atoms with Crippen molar-refractivity contribution in [3.63, 3.8) is 0 Å². The molecule has 16 rings (SSSR count). The van der Waals surface area contributed by atoms with Crippen LogP contribution in [-0.4, -0.2) is 42.9 Å². The van der Waals surface area contributed by atoms with E-state index in [1.54, 1.807) is 0 Å². The van der Waals surface area contributed by atoms with E-state index in [9.17, 15) is 0 Å². The van der Waals surface area contributed by atoms with E-state index >= 15 is 0 Å². The summed E-state index contributed by atoms with van der Waals surface area (Å²) in [5, 5.41) is 7.51. The molecule has 0 radical (unpaired) electrons. The van der Waals surface area contributed by atoms with Crippen molar-refractivity contribution in [1.29, 1.82) is 0 Å². The number of rotatable bonds is 26. The molecular weight excluding hydrogens is 1520 g/mol. The van der Waals surface area contributed by atoms with Gasteiger partial charge in [-0.3, -0.25) is 0 Å². The van der Waals surface area contributed by atoms with E-state index in [1.165, 1.54) is 109 Å². The molecule has 0 N–H and O–H groups in total. The van der Waals surface area contributed by atoms with Crippen molar-refractivity contribution >= 4 is 59.0 Å². The average Bonchev–Trinajstić information content (AvgIpc) is 0.733. The van der Waals surface area contributed by atoms with Gasteiger partial charge in [-0.25, -0.2) is 0 Å². The predicted octanol–water partition coefficient (Wildman–Crippen LogP) is 18.1. The van der Waals surface area contributed by atoms with Crippen molar-refractivity contribution in [2.24, 2.45) is 0 Å². The fourth-order valence-electron chi connectivity index (χ4n) is 16.4. The summed E-state index contributed by atoms with van der Waals surface area (Å²) < 4.78 is 9.67. The summed E-state index contributed by atoms with van der Waals surface area (Å²) in [5.74, 6) is -0.181. The SMILES string of the molecule is CCOCC.CCOCC.Cc1cc(C(c2ccccc2)c2ccccc2)c([N-][Si](c2ccccc2)(c2ccccc2)c2ccccc2)c(C(c2ccccc2)c2ccccc2)c1.Cc1cc(C(c2ccccc2)c2ccccc2)c([N-][Si](c2ccccc2)(c2ccccc2)c2ccccc2)c(C(c2ccccc2)c2ccccc2)c1.[K+].[K+]. The molecule has 0 saturated heterocycles. The van der Waals surface area contributed by atoms with Gasteiger partial charge in [0.25, 0.3) is 0 Å². The van der Waals surface area contributed by atoms with Crippen molar-refractivity contribution in [3.05, 3.63) is 537 Å². The van der Waals surface area contributed by atoms with Crippen molar-refractivity contribution in [2.75, 3.05) is 26.4 Å². The molecule has 0 aromatic heterocycles. The third kappa shape index (κ3) is 22.0. The van der Waals surface area contributed by atoms with Crippen LogP contribution in [0.4, 0.5) is 11.4 Å². The molecule has 0 unspecified atom stereocenters. The van der Waals surface area contributed by atoms with E-state index in [0.29, 0.717) is 0 Å². The van der Waals surface area contributed by atoms with Gasteiger partial charge in [-0.2, -0.15) is 0 Å². The summed E-state index contributed by atoms with van der Waals surface area (Å²) in [6.07, 6.45) is 0. The molecular formula is C110H104K2N2O2Si2. The second kappa shape index (κ2) is 46.4. The standard InChI is InChI=1S/2C51H42NSi.2C4H10O.2K/c2*1-39-37-47(49(40-23-9-2-10-24-40)41-25-11-3-12-26-41)51(48(38-39)50(42-27-13-4-14-28-42)43-29-15-5-16-30-43)52-53(44-31-17-6-18-32-44,45-33-19-7-20-34-45)46-35-21-8-22-36-46;2*1-3-5-4-2;;/h2*2-38,49-50H,1H3;2*3-4H2,1-2H3;;/q2*-1;;;2*+1. The molecule has 0 aliphatic rings. The number of hydrogen-bond acceptors (Lipinski definition) is 2. The molecule has 0 amide bonds. The van der Waals surface area contributed by atoms with E-state index < -0.39 is 16.5 Å². The Morgan fingerprint density at radius 2 is 0.331 bits per heavy atom. The predicted molar refractivity (Wildman–Crippen MR) is 496 cm³/mol. The molecule has 0 fully saturated rings. The van der Waals surface area contributed by atoms with Gasteiger partial charge < -0.3 is 19.4 Å². The molecule has 16 aromatic rings. The zero-order chi connectivity index (χ0) is 80.0. The van der Waals surface area contributed by atoms with Gasteiger partial charge in [0.15, 0.2) is 0 Å². The maximum Gasteiger partial charge on any atom is 1.00 e. The quantitative estimate of drug-likeness (QED) is 0.0401. The van der Waals surface area contributed by atoms with Crippen LogP contribution in [0, 0.1) is 13.8 Å². The van der Waals surface area contributed by atoms with Crippen LogP contribution in [0.15, 0.2) is 449 Å². The Morgan fingerprint density at radius 1 is 0.203 bits per heavy atom. The second-order valence-corrected chi connectivity index (χ2v) is 35.8. The molecule has 0 saturated carbocycles. The number of nitrogens with zero attached hydrogens (tertiary/aromatic N) is 2. The van der Waals surface area contributed by atoms with Crippen LogP contribution in [0.25, 0.3) is 9.96 Å². The minimum atomic E-state index is -3.12. The molecule has 16 aromatic carbocycles. The van der Waals surface area contributed by atoms with E-state index in [4.69, 9.17) is 19.4 Å². The Balaban J connectivity index is 0.000000204. The maximum atomic E-state index is 6.42. The van der Waals surface area contributed by atoms with Crippen LogP contribution in [0.1, 0.15) is 129 Å². The summed E-state index contributed by atoms with van der Waals surface area (Å²) in [4.78, 5) is 12.8. The number of aryl methyl sites for hydroxylation is 2. The molecule has 8 heteroatoms. The maximum absolute atomic E-state index is 6.42. The van der Waals surface area contributed by atoms with Gasteiger partial charge in [-0.15, -0.1) is 11.4 Å². The largest absolute Gasteiger partial charge is 1.00 e. The van der Waals surface area contributed by atoms with Crippen molar-refractivity contribution in [3.8, 4) is 0 Å². The summed E-state index contributed by atoms with van der Waals surface area (Å²) in [6, 6.07) is 164. The molecule has 0 spiro atoms. The van der Waals surface area contributed by atoms with Crippen LogP contribution < -0.4 is 134 Å². The first-order valence-corrected chi connectivity index (χ1v) is 44.8. The number of benzene rings is 16. The van der Waals surface area contributed by atoms with Crippen LogP contribution in [0.3, 0.4) is 0 Å². The summed E-state index contributed by atoms with van der Waals surface area (Å²) >= 11 is 0. The second-order valence-electron chi connectivity index (χ2n) is 29.0. The van der Waals surface area contributed by atoms with Gasteiger partial charge in [0, 0.05) is 50.1 Å². The van der Waals surface area contributed by atoms with Crippen LogP contribution in [-0.2, 0) is 9.47 Å². The smallest absolute Gasteiger partial charge is 0.676 e. The first-order valence-electron chi connectivity index (χ1n) is 40.9. The fourth-order valence-corrected chi connectivity index (χ4v) is 24.4. The van der Waals surface area contributed by atoms with E-state index in [0.717, 1.165) is 37.8 Å². The average molecular weight is 1620 g/mol. The Hall–Kier alpha value is -9.25. The monoisotopic (exact) mass is 1620 g/mol. The van der Waals surface area contributed by atoms with Gasteiger partial charge in [-0.05, 0) is 86.1 Å². The minimum absolute atomic E-state index is 0. The molecule has 0 aliphatic heterocycles. The zero-order valence-electron chi connectivity index (χ0n) is 69.6. The summed E-state index contributed by atoms with van der Waals surface area (Å²) in [5.41, 5.74) is 19.4. The van der Waals surface area contributed by atoms with Gasteiger partial charge in [0.1, 0.15) is 0 Å². The van der Waals surface area contributed by atoms with Gasteiger partial charge >= 0.3 is 103 Å². The molecule has 118 heavy (non-hydrogen) atoms. The first kappa shape index (κ1) is 89.5. The molecule has 0 atom stereocenters. The zero-order valence-corrected chi connectivity index (χ0v) is 77.8. The van der Waals surface area contributed by atoms with Crippen molar-refractivity contribution in [1.82, 2.24) is 0 Å². The van der Waals surface area contributed by atoms with E-state index in [1.807, 2.05) is 27.7 Å². The van der Waals surface area contributed by atoms with Crippen LogP contribution >= 0.6 is 0 Å². The first-order chi connectivity index (χ1) is 57.3. The molecule has 576 valence electrons. The molecule has 0 bridgehead atoms. The van der Waals surface area contributed by atoms with Gasteiger partial charge in [-0.1, -0.05) is 513 Å². The molecule has 4 nitrogen and oxygen atoms in total. The normalized spacial score (nSPS) is 11.0. The molecule has 0 aliphatic carbocycles. The summed E-state index contributed by atoms with van der Waals surface area (Å²) in [6.45, 7) is 15.8. The van der Waals surface area contributed by atoms with Crippen molar-refractivity contribution in [2.45, 2.75) is 65.2 Å². The van der Waals surface area contributed by atoms with E-state index in [-0.39, 0.29) is 126 Å². The topological polar surface area (TPSA) is 46.7 Å². The molecule has 0 heterocycles. The van der Waals surface area contributed by atoms with E-state index in [2.05, 4.69) is 463 Å². The number of hydrogen-bond donors (Lipinski definition) is 0. The Bertz CT molecular complexity index is 4620. The van der Waals surface area contributed by atoms with Gasteiger partial charge in [0.2, 0.25) is 0 Å². The Morgan fingerprint density at radius 3 is 0.449 bits per heavy atom. The Kier molecular flexibility index (Phi) is 35.2. The van der Waals surface area contributed by atoms with Crippen LogP contribution in [0.5, 0.6) is 0 Å². The minimum Gasteiger partial charge on any atom is -0.676 e. The van der Waals surface area contributed by atoms with Crippen LogP contribution in [0.2, 0.25) is 0 Å². The fraction of sp³-hybridized carbons (Fsp3) is 0.127. The Labute approximate surface area is 790 Å². The third-order valence-electron chi connectivity index (χ3n) is 21.5.